The van der Waals surface area contributed by atoms with Crippen molar-refractivity contribution in [2.75, 3.05) is 24.5 Å². The van der Waals surface area contributed by atoms with Crippen LogP contribution in [0.25, 0.3) is 22.2 Å². The average Bonchev–Trinajstić information content (AvgIpc) is 2.85. The minimum Gasteiger partial charge on any atom is -0.372 e. The number of pyridine rings is 1. The van der Waals surface area contributed by atoms with Gasteiger partial charge in [-0.3, -0.25) is 4.79 Å². The standard InChI is InChI=1S/C30H33N3O/c1-5-33(25-11-8-10-21(2)18-25)17-9-16-31-30(34)27-20-29(24-15-14-22(3)23(4)19-24)32-28-13-7-6-12-26(27)28/h6-8,10-15,18-20H,5,9,16-17H2,1-4H3,(H,31,34). The maximum atomic E-state index is 13.2. The molecule has 0 aliphatic heterocycles. The molecule has 0 unspecified atom stereocenters. The van der Waals surface area contributed by atoms with E-state index >= 15 is 0 Å². The summed E-state index contributed by atoms with van der Waals surface area (Å²) in [6.07, 6.45) is 0.876. The summed E-state index contributed by atoms with van der Waals surface area (Å²) in [7, 11) is 0. The van der Waals surface area contributed by atoms with Gasteiger partial charge in [-0.05, 0) is 81.1 Å². The number of nitrogens with zero attached hydrogens (tertiary/aromatic N) is 2. The Morgan fingerprint density at radius 3 is 2.50 bits per heavy atom. The summed E-state index contributed by atoms with van der Waals surface area (Å²) in [5.41, 5.74) is 8.30. The van der Waals surface area contributed by atoms with Gasteiger partial charge in [0.05, 0.1) is 16.8 Å². The first-order valence-corrected chi connectivity index (χ1v) is 12.0. The van der Waals surface area contributed by atoms with E-state index in [1.807, 2.05) is 30.3 Å². The lowest BCUT2D eigenvalue weighted by molar-refractivity contribution is 0.0955. The van der Waals surface area contributed by atoms with E-state index in [4.69, 9.17) is 4.98 Å². The third-order valence-electron chi connectivity index (χ3n) is 6.40. The minimum absolute atomic E-state index is 0.0534. The van der Waals surface area contributed by atoms with E-state index < -0.39 is 0 Å². The molecule has 174 valence electrons. The molecule has 34 heavy (non-hydrogen) atoms. The van der Waals surface area contributed by atoms with Gasteiger partial charge < -0.3 is 10.2 Å². The molecular weight excluding hydrogens is 418 g/mol. The summed E-state index contributed by atoms with van der Waals surface area (Å²) in [6.45, 7) is 10.9. The van der Waals surface area contributed by atoms with Gasteiger partial charge in [0.15, 0.2) is 0 Å². The zero-order chi connectivity index (χ0) is 24.1. The highest BCUT2D eigenvalue weighted by Crippen LogP contribution is 2.26. The van der Waals surface area contributed by atoms with E-state index in [9.17, 15) is 4.79 Å². The summed E-state index contributed by atoms with van der Waals surface area (Å²) < 4.78 is 0. The molecule has 4 heteroatoms. The Morgan fingerprint density at radius 1 is 0.912 bits per heavy atom. The quantitative estimate of drug-likeness (QED) is 0.312. The van der Waals surface area contributed by atoms with Gasteiger partial charge >= 0.3 is 0 Å². The molecule has 0 fully saturated rings. The van der Waals surface area contributed by atoms with Gasteiger partial charge in [0, 0.05) is 36.3 Å². The van der Waals surface area contributed by atoms with Gasteiger partial charge in [-0.2, -0.15) is 0 Å². The summed E-state index contributed by atoms with van der Waals surface area (Å²) in [5, 5.41) is 4.02. The molecule has 0 saturated carbocycles. The second-order valence-electron chi connectivity index (χ2n) is 8.90. The number of aryl methyl sites for hydroxylation is 3. The molecule has 0 atom stereocenters. The molecule has 4 nitrogen and oxygen atoms in total. The molecule has 1 N–H and O–H groups in total. The number of carbonyl (C=O) groups is 1. The molecule has 0 saturated heterocycles. The minimum atomic E-state index is -0.0534. The molecule has 0 aliphatic carbocycles. The largest absolute Gasteiger partial charge is 0.372 e. The first-order valence-electron chi connectivity index (χ1n) is 12.0. The number of fused-ring (bicyclic) bond motifs is 1. The van der Waals surface area contributed by atoms with Crippen LogP contribution in [0.2, 0.25) is 0 Å². The second kappa shape index (κ2) is 10.5. The number of aromatic nitrogens is 1. The van der Waals surface area contributed by atoms with Crippen molar-refractivity contribution in [2.24, 2.45) is 0 Å². The van der Waals surface area contributed by atoms with Crippen LogP contribution in [0, 0.1) is 20.8 Å². The van der Waals surface area contributed by atoms with Crippen LogP contribution in [0.5, 0.6) is 0 Å². The third kappa shape index (κ3) is 5.28. The lowest BCUT2D eigenvalue weighted by Crippen LogP contribution is -2.30. The van der Waals surface area contributed by atoms with Crippen molar-refractivity contribution in [3.05, 3.63) is 95.1 Å². The number of nitrogens with one attached hydrogen (secondary N) is 1. The summed E-state index contributed by atoms with van der Waals surface area (Å²) in [4.78, 5) is 20.4. The van der Waals surface area contributed by atoms with Crippen LogP contribution in [-0.2, 0) is 0 Å². The maximum Gasteiger partial charge on any atom is 0.252 e. The van der Waals surface area contributed by atoms with Gasteiger partial charge in [-0.15, -0.1) is 0 Å². The molecule has 1 aromatic heterocycles. The third-order valence-corrected chi connectivity index (χ3v) is 6.40. The Kier molecular flexibility index (Phi) is 7.27. The zero-order valence-electron chi connectivity index (χ0n) is 20.6. The van der Waals surface area contributed by atoms with E-state index in [1.54, 1.807) is 0 Å². The van der Waals surface area contributed by atoms with Crippen molar-refractivity contribution in [3.63, 3.8) is 0 Å². The number of anilines is 1. The van der Waals surface area contributed by atoms with Crippen LogP contribution < -0.4 is 10.2 Å². The Morgan fingerprint density at radius 2 is 1.74 bits per heavy atom. The Bertz CT molecular complexity index is 1310. The highest BCUT2D eigenvalue weighted by molar-refractivity contribution is 6.07. The molecule has 1 heterocycles. The topological polar surface area (TPSA) is 45.2 Å². The van der Waals surface area contributed by atoms with E-state index in [2.05, 4.69) is 80.4 Å². The Hall–Kier alpha value is -3.66. The SMILES string of the molecule is CCN(CCCNC(=O)c1cc(-c2ccc(C)c(C)c2)nc2ccccc12)c1cccc(C)c1. The van der Waals surface area contributed by atoms with Crippen molar-refractivity contribution in [3.8, 4) is 11.3 Å². The normalized spacial score (nSPS) is 10.9. The van der Waals surface area contributed by atoms with Gasteiger partial charge in [0.25, 0.3) is 5.91 Å². The molecule has 4 aromatic rings. The van der Waals surface area contributed by atoms with E-state index in [0.29, 0.717) is 12.1 Å². The Labute approximate surface area is 202 Å². The van der Waals surface area contributed by atoms with Crippen LogP contribution in [0.4, 0.5) is 5.69 Å². The van der Waals surface area contributed by atoms with Crippen molar-refractivity contribution in [1.29, 1.82) is 0 Å². The predicted molar refractivity (Wildman–Crippen MR) is 143 cm³/mol. The molecule has 4 rings (SSSR count). The fourth-order valence-corrected chi connectivity index (χ4v) is 4.27. The molecule has 0 bridgehead atoms. The molecule has 0 radical (unpaired) electrons. The molecule has 3 aromatic carbocycles. The lowest BCUT2D eigenvalue weighted by atomic mass is 10.0. The van der Waals surface area contributed by atoms with Crippen LogP contribution in [0.3, 0.4) is 0 Å². The molecule has 0 aliphatic rings. The first-order chi connectivity index (χ1) is 16.5. The maximum absolute atomic E-state index is 13.2. The van der Waals surface area contributed by atoms with Crippen LogP contribution in [-0.4, -0.2) is 30.5 Å². The highest BCUT2D eigenvalue weighted by atomic mass is 16.1. The average molecular weight is 452 g/mol. The Balaban J connectivity index is 1.50. The van der Waals surface area contributed by atoms with Crippen LogP contribution in [0.1, 0.15) is 40.4 Å². The van der Waals surface area contributed by atoms with Crippen LogP contribution >= 0.6 is 0 Å². The highest BCUT2D eigenvalue weighted by Gasteiger charge is 2.14. The zero-order valence-corrected chi connectivity index (χ0v) is 20.6. The number of benzene rings is 3. The number of carbonyl (C=O) groups excluding carboxylic acids is 1. The number of para-hydroxylation sites is 1. The van der Waals surface area contributed by atoms with Crippen molar-refractivity contribution in [2.45, 2.75) is 34.1 Å². The summed E-state index contributed by atoms with van der Waals surface area (Å²) >= 11 is 0. The number of hydrogen-bond donors (Lipinski definition) is 1. The lowest BCUT2D eigenvalue weighted by Gasteiger charge is -2.23. The van der Waals surface area contributed by atoms with Crippen LogP contribution in [0.15, 0.2) is 72.8 Å². The predicted octanol–water partition coefficient (Wildman–Crippen LogP) is 6.47. The smallest absolute Gasteiger partial charge is 0.252 e. The molecule has 1 amide bonds. The van der Waals surface area contributed by atoms with Crippen molar-refractivity contribution in [1.82, 2.24) is 10.3 Å². The number of amides is 1. The first kappa shape index (κ1) is 23.5. The van der Waals surface area contributed by atoms with Gasteiger partial charge in [-0.1, -0.05) is 42.5 Å². The monoisotopic (exact) mass is 451 g/mol. The van der Waals surface area contributed by atoms with Gasteiger partial charge in [0.2, 0.25) is 0 Å². The summed E-state index contributed by atoms with van der Waals surface area (Å²) in [5.74, 6) is -0.0534. The number of rotatable bonds is 8. The van der Waals surface area contributed by atoms with E-state index in [1.165, 1.54) is 22.4 Å². The van der Waals surface area contributed by atoms with Crippen molar-refractivity contribution >= 4 is 22.5 Å². The second-order valence-corrected chi connectivity index (χ2v) is 8.90. The number of hydrogen-bond acceptors (Lipinski definition) is 3. The fraction of sp³-hybridized carbons (Fsp3) is 0.267. The van der Waals surface area contributed by atoms with Gasteiger partial charge in [-0.25, -0.2) is 4.98 Å². The van der Waals surface area contributed by atoms with E-state index in [0.717, 1.165) is 41.7 Å². The molecule has 0 spiro atoms. The van der Waals surface area contributed by atoms with Crippen molar-refractivity contribution < 1.29 is 4.79 Å². The van der Waals surface area contributed by atoms with E-state index in [-0.39, 0.29) is 5.91 Å². The van der Waals surface area contributed by atoms with Gasteiger partial charge in [0.1, 0.15) is 0 Å². The molecular formula is C30H33N3O. The fourth-order valence-electron chi connectivity index (χ4n) is 4.27. The summed E-state index contributed by atoms with van der Waals surface area (Å²) in [6, 6.07) is 24.7.